The Morgan fingerprint density at radius 2 is 1.94 bits per heavy atom. The summed E-state index contributed by atoms with van der Waals surface area (Å²) in [5.74, 6) is 0.583. The lowest BCUT2D eigenvalue weighted by Gasteiger charge is -2.30. The molecule has 0 spiro atoms. The Morgan fingerprint density at radius 3 is 2.44 bits per heavy atom. The van der Waals surface area contributed by atoms with Gasteiger partial charge in [-0.15, -0.1) is 0 Å². The van der Waals surface area contributed by atoms with Crippen molar-refractivity contribution in [2.75, 3.05) is 46.9 Å². The maximum atomic E-state index is 12.1. The monoisotopic (exact) mass is 257 g/mol. The van der Waals surface area contributed by atoms with Crippen LogP contribution < -0.4 is 5.32 Å². The Balaban J connectivity index is 2.44. The van der Waals surface area contributed by atoms with Gasteiger partial charge in [0.25, 0.3) is 0 Å². The number of ether oxygens (including phenoxy) is 1. The second-order valence-electron chi connectivity index (χ2n) is 5.64. The Hall–Kier alpha value is -0.810. The quantitative estimate of drug-likeness (QED) is 0.799. The lowest BCUT2D eigenvalue weighted by molar-refractivity contribution is 0.0520. The van der Waals surface area contributed by atoms with E-state index in [1.165, 1.54) is 0 Å². The molecule has 1 N–H and O–H groups in total. The highest BCUT2D eigenvalue weighted by Gasteiger charge is 2.20. The van der Waals surface area contributed by atoms with Crippen LogP contribution in [0.4, 0.5) is 4.79 Å². The molecular formula is C13H27N3O2. The zero-order valence-corrected chi connectivity index (χ0v) is 12.1. The smallest absolute Gasteiger partial charge is 0.317 e. The van der Waals surface area contributed by atoms with E-state index in [2.05, 4.69) is 24.1 Å². The molecular weight excluding hydrogens is 230 g/mol. The van der Waals surface area contributed by atoms with Gasteiger partial charge in [-0.3, -0.25) is 0 Å². The fourth-order valence-corrected chi connectivity index (χ4v) is 2.22. The molecule has 1 fully saturated rings. The van der Waals surface area contributed by atoms with E-state index < -0.39 is 0 Å². The van der Waals surface area contributed by atoms with E-state index >= 15 is 0 Å². The molecule has 2 amide bonds. The number of nitrogens with one attached hydrogen (secondary N) is 1. The third kappa shape index (κ3) is 5.69. The van der Waals surface area contributed by atoms with E-state index in [4.69, 9.17) is 4.74 Å². The first-order valence-corrected chi connectivity index (χ1v) is 6.77. The number of carbonyl (C=O) groups excluding carboxylic acids is 1. The molecule has 106 valence electrons. The molecule has 0 saturated carbocycles. The molecule has 1 atom stereocenters. The van der Waals surface area contributed by atoms with Crippen molar-refractivity contribution in [3.8, 4) is 0 Å². The number of carbonyl (C=O) groups is 1. The Morgan fingerprint density at radius 1 is 1.33 bits per heavy atom. The summed E-state index contributed by atoms with van der Waals surface area (Å²) in [4.78, 5) is 16.1. The van der Waals surface area contributed by atoms with Crippen LogP contribution in [-0.4, -0.2) is 68.8 Å². The molecule has 1 aliphatic heterocycles. The number of morpholine rings is 1. The van der Waals surface area contributed by atoms with Crippen LogP contribution in [0, 0.1) is 5.92 Å². The van der Waals surface area contributed by atoms with E-state index in [1.54, 1.807) is 0 Å². The molecule has 0 aromatic rings. The normalized spacial score (nSPS) is 18.2. The van der Waals surface area contributed by atoms with E-state index in [0.717, 1.165) is 13.0 Å². The van der Waals surface area contributed by atoms with Crippen molar-refractivity contribution >= 4 is 6.03 Å². The standard InChI is InChI=1S/C13H27N3O2/c1-11(2)9-12(10-15(3)4)14-13(17)16-5-7-18-8-6-16/h11-12H,5-10H2,1-4H3,(H,14,17). The number of likely N-dealkylation sites (N-methyl/N-ethyl adjacent to an activating group) is 1. The van der Waals surface area contributed by atoms with E-state index in [1.807, 2.05) is 19.0 Å². The van der Waals surface area contributed by atoms with Gasteiger partial charge in [0.05, 0.1) is 13.2 Å². The van der Waals surface area contributed by atoms with Gasteiger partial charge in [0.2, 0.25) is 0 Å². The third-order valence-corrected chi connectivity index (χ3v) is 2.97. The van der Waals surface area contributed by atoms with Gasteiger partial charge in [-0.2, -0.15) is 0 Å². The van der Waals surface area contributed by atoms with Crippen LogP contribution in [0.3, 0.4) is 0 Å². The van der Waals surface area contributed by atoms with E-state index in [0.29, 0.717) is 32.2 Å². The van der Waals surface area contributed by atoms with Crippen molar-refractivity contribution < 1.29 is 9.53 Å². The first-order chi connectivity index (χ1) is 8.49. The number of nitrogens with zero attached hydrogens (tertiary/aromatic N) is 2. The van der Waals surface area contributed by atoms with Gasteiger partial charge in [-0.25, -0.2) is 4.79 Å². The minimum atomic E-state index is 0.0470. The molecule has 0 aliphatic carbocycles. The summed E-state index contributed by atoms with van der Waals surface area (Å²) in [6, 6.07) is 0.265. The second-order valence-corrected chi connectivity index (χ2v) is 5.64. The average molecular weight is 257 g/mol. The van der Waals surface area contributed by atoms with E-state index in [9.17, 15) is 4.79 Å². The molecule has 1 rings (SSSR count). The van der Waals surface area contributed by atoms with Gasteiger partial charge < -0.3 is 19.9 Å². The fraction of sp³-hybridized carbons (Fsp3) is 0.923. The van der Waals surface area contributed by atoms with Crippen LogP contribution in [0.2, 0.25) is 0 Å². The van der Waals surface area contributed by atoms with Gasteiger partial charge in [-0.1, -0.05) is 13.8 Å². The highest BCUT2D eigenvalue weighted by Crippen LogP contribution is 2.07. The summed E-state index contributed by atoms with van der Waals surface area (Å²) < 4.78 is 5.25. The van der Waals surface area contributed by atoms with Crippen LogP contribution in [-0.2, 0) is 4.74 Å². The minimum Gasteiger partial charge on any atom is -0.378 e. The van der Waals surface area contributed by atoms with Gasteiger partial charge in [-0.05, 0) is 26.4 Å². The zero-order chi connectivity index (χ0) is 13.5. The summed E-state index contributed by atoms with van der Waals surface area (Å²) in [6.45, 7) is 7.94. The van der Waals surface area contributed by atoms with Crippen molar-refractivity contribution in [3.05, 3.63) is 0 Å². The molecule has 1 unspecified atom stereocenters. The number of amides is 2. The molecule has 5 heteroatoms. The van der Waals surface area contributed by atoms with Gasteiger partial charge in [0.1, 0.15) is 0 Å². The SMILES string of the molecule is CC(C)CC(CN(C)C)NC(=O)N1CCOCC1. The first kappa shape index (κ1) is 15.2. The molecule has 0 aromatic carbocycles. The molecule has 1 aliphatic rings. The zero-order valence-electron chi connectivity index (χ0n) is 12.1. The molecule has 0 aromatic heterocycles. The maximum Gasteiger partial charge on any atom is 0.317 e. The average Bonchev–Trinajstić information content (AvgIpc) is 2.28. The Kier molecular flexibility index (Phi) is 6.43. The van der Waals surface area contributed by atoms with Crippen molar-refractivity contribution in [1.82, 2.24) is 15.1 Å². The molecule has 5 nitrogen and oxygen atoms in total. The first-order valence-electron chi connectivity index (χ1n) is 6.77. The molecule has 18 heavy (non-hydrogen) atoms. The fourth-order valence-electron chi connectivity index (χ4n) is 2.22. The molecule has 0 radical (unpaired) electrons. The van der Waals surface area contributed by atoms with Gasteiger partial charge in [0, 0.05) is 25.7 Å². The minimum absolute atomic E-state index is 0.0470. The van der Waals surface area contributed by atoms with Crippen molar-refractivity contribution in [1.29, 1.82) is 0 Å². The van der Waals surface area contributed by atoms with Crippen molar-refractivity contribution in [2.45, 2.75) is 26.3 Å². The molecule has 0 bridgehead atoms. The lowest BCUT2D eigenvalue weighted by atomic mass is 10.0. The highest BCUT2D eigenvalue weighted by molar-refractivity contribution is 5.74. The number of rotatable bonds is 5. The summed E-state index contributed by atoms with van der Waals surface area (Å²) in [7, 11) is 4.07. The largest absolute Gasteiger partial charge is 0.378 e. The predicted octanol–water partition coefficient (Wildman–Crippen LogP) is 1.00. The van der Waals surface area contributed by atoms with Crippen LogP contribution in [0.5, 0.6) is 0 Å². The highest BCUT2D eigenvalue weighted by atomic mass is 16.5. The lowest BCUT2D eigenvalue weighted by Crippen LogP contribution is -2.51. The number of hydrogen-bond donors (Lipinski definition) is 1. The predicted molar refractivity (Wildman–Crippen MR) is 72.7 cm³/mol. The number of urea groups is 1. The maximum absolute atomic E-state index is 12.1. The summed E-state index contributed by atoms with van der Waals surface area (Å²) in [6.07, 6.45) is 1.01. The third-order valence-electron chi connectivity index (χ3n) is 2.97. The Labute approximate surface area is 110 Å². The second kappa shape index (κ2) is 7.59. The van der Waals surface area contributed by atoms with Gasteiger partial charge >= 0.3 is 6.03 Å². The summed E-state index contributed by atoms with van der Waals surface area (Å²) in [5, 5.41) is 3.14. The topological polar surface area (TPSA) is 44.8 Å². The van der Waals surface area contributed by atoms with Crippen LogP contribution in [0.15, 0.2) is 0 Å². The van der Waals surface area contributed by atoms with E-state index in [-0.39, 0.29) is 12.1 Å². The van der Waals surface area contributed by atoms with Gasteiger partial charge in [0.15, 0.2) is 0 Å². The van der Waals surface area contributed by atoms with Crippen molar-refractivity contribution in [2.24, 2.45) is 5.92 Å². The summed E-state index contributed by atoms with van der Waals surface area (Å²) >= 11 is 0. The van der Waals surface area contributed by atoms with Crippen LogP contribution in [0.25, 0.3) is 0 Å². The summed E-state index contributed by atoms with van der Waals surface area (Å²) in [5.41, 5.74) is 0. The van der Waals surface area contributed by atoms with Crippen LogP contribution >= 0.6 is 0 Å². The van der Waals surface area contributed by atoms with Crippen molar-refractivity contribution in [3.63, 3.8) is 0 Å². The van der Waals surface area contributed by atoms with Crippen LogP contribution in [0.1, 0.15) is 20.3 Å². The Bertz CT molecular complexity index is 241. The molecule has 1 saturated heterocycles. The molecule has 1 heterocycles. The number of hydrogen-bond acceptors (Lipinski definition) is 3.